The minimum Gasteiger partial charge on any atom is -0.356 e. The lowest BCUT2D eigenvalue weighted by Gasteiger charge is -2.11. The van der Waals surface area contributed by atoms with Crippen molar-refractivity contribution in [3.63, 3.8) is 0 Å². The average molecular weight is 250 g/mol. The van der Waals surface area contributed by atoms with E-state index in [9.17, 15) is 9.59 Å². The minimum atomic E-state index is -0.202. The molecule has 1 heterocycles. The van der Waals surface area contributed by atoms with Gasteiger partial charge in [-0.3, -0.25) is 9.59 Å². The molecular formula is C12H18N4O2. The van der Waals surface area contributed by atoms with E-state index in [1.165, 1.54) is 0 Å². The molecule has 0 aliphatic heterocycles. The summed E-state index contributed by atoms with van der Waals surface area (Å²) in [5, 5.41) is 5.63. The van der Waals surface area contributed by atoms with Crippen molar-refractivity contribution in [3.8, 4) is 0 Å². The zero-order valence-electron chi connectivity index (χ0n) is 10.6. The molecule has 1 fully saturated rings. The van der Waals surface area contributed by atoms with E-state index in [2.05, 4.69) is 15.6 Å². The summed E-state index contributed by atoms with van der Waals surface area (Å²) >= 11 is 0. The quantitative estimate of drug-likeness (QED) is 0.798. The number of hydrogen-bond acceptors (Lipinski definition) is 4. The number of anilines is 1. The lowest BCUT2D eigenvalue weighted by Crippen LogP contribution is -2.34. The number of carbonyl (C=O) groups excluding carboxylic acids is 1. The highest BCUT2D eigenvalue weighted by Crippen LogP contribution is 2.18. The van der Waals surface area contributed by atoms with Crippen LogP contribution in [0.3, 0.4) is 0 Å². The molecule has 0 unspecified atom stereocenters. The molecular weight excluding hydrogens is 232 g/mol. The van der Waals surface area contributed by atoms with E-state index in [0.29, 0.717) is 6.04 Å². The van der Waals surface area contributed by atoms with Crippen LogP contribution < -0.4 is 16.2 Å². The van der Waals surface area contributed by atoms with Crippen molar-refractivity contribution >= 4 is 11.7 Å². The van der Waals surface area contributed by atoms with Crippen molar-refractivity contribution in [2.45, 2.75) is 38.8 Å². The summed E-state index contributed by atoms with van der Waals surface area (Å²) in [5.41, 5.74) is -0.202. The van der Waals surface area contributed by atoms with Gasteiger partial charge in [-0.15, -0.1) is 0 Å². The van der Waals surface area contributed by atoms with Gasteiger partial charge in [0.2, 0.25) is 5.91 Å². The Hall–Kier alpha value is -1.85. The molecule has 2 rings (SSSR count). The van der Waals surface area contributed by atoms with Crippen LogP contribution in [0.5, 0.6) is 0 Å². The fraction of sp³-hybridized carbons (Fsp3) is 0.583. The van der Waals surface area contributed by atoms with Gasteiger partial charge >= 0.3 is 0 Å². The van der Waals surface area contributed by atoms with E-state index in [4.69, 9.17) is 0 Å². The van der Waals surface area contributed by atoms with Crippen molar-refractivity contribution < 1.29 is 4.79 Å². The minimum absolute atomic E-state index is 0.0707. The van der Waals surface area contributed by atoms with Crippen molar-refractivity contribution in [1.29, 1.82) is 0 Å². The van der Waals surface area contributed by atoms with Crippen LogP contribution in [0.25, 0.3) is 0 Å². The Morgan fingerprint density at radius 1 is 1.56 bits per heavy atom. The number of nitrogens with one attached hydrogen (secondary N) is 2. The molecule has 18 heavy (non-hydrogen) atoms. The van der Waals surface area contributed by atoms with E-state index in [1.54, 1.807) is 17.0 Å². The van der Waals surface area contributed by atoms with Gasteiger partial charge < -0.3 is 15.2 Å². The normalized spacial score (nSPS) is 14.6. The summed E-state index contributed by atoms with van der Waals surface area (Å²) in [6.45, 7) is 3.93. The number of nitrogens with zero attached hydrogens (tertiary/aromatic N) is 2. The zero-order chi connectivity index (χ0) is 13.1. The first-order valence-electron chi connectivity index (χ1n) is 6.18. The molecule has 0 spiro atoms. The first kappa shape index (κ1) is 12.6. The third-order valence-corrected chi connectivity index (χ3v) is 2.78. The summed E-state index contributed by atoms with van der Waals surface area (Å²) in [6, 6.07) is 0.400. The van der Waals surface area contributed by atoms with E-state index in [0.717, 1.165) is 12.8 Å². The third-order valence-electron chi connectivity index (χ3n) is 2.78. The number of amides is 1. The molecule has 0 atom stereocenters. The topological polar surface area (TPSA) is 76.0 Å². The van der Waals surface area contributed by atoms with Crippen LogP contribution in [-0.4, -0.2) is 28.0 Å². The summed E-state index contributed by atoms with van der Waals surface area (Å²) in [7, 11) is 0. The number of hydrogen-bond donors (Lipinski definition) is 2. The Balaban J connectivity index is 1.98. The van der Waals surface area contributed by atoms with Gasteiger partial charge in [-0.2, -0.15) is 0 Å². The molecule has 1 aliphatic rings. The van der Waals surface area contributed by atoms with Crippen molar-refractivity contribution in [3.05, 3.63) is 22.7 Å². The molecule has 2 N–H and O–H groups in total. The highest BCUT2D eigenvalue weighted by Gasteiger charge is 2.23. The maximum absolute atomic E-state index is 12.0. The fourth-order valence-corrected chi connectivity index (χ4v) is 1.62. The average Bonchev–Trinajstić information content (AvgIpc) is 3.11. The van der Waals surface area contributed by atoms with Crippen LogP contribution in [0, 0.1) is 0 Å². The molecule has 1 amide bonds. The molecule has 1 saturated carbocycles. The number of rotatable bonds is 5. The second-order valence-corrected chi connectivity index (χ2v) is 4.78. The monoisotopic (exact) mass is 250 g/mol. The van der Waals surface area contributed by atoms with Gasteiger partial charge in [0.15, 0.2) is 5.82 Å². The van der Waals surface area contributed by atoms with Gasteiger partial charge in [0.1, 0.15) is 0 Å². The lowest BCUT2D eigenvalue weighted by molar-refractivity contribution is -0.119. The van der Waals surface area contributed by atoms with Crippen LogP contribution in [-0.2, 0) is 4.79 Å². The Kier molecular flexibility index (Phi) is 3.64. The third kappa shape index (κ3) is 3.09. The highest BCUT2D eigenvalue weighted by molar-refractivity contribution is 5.80. The highest BCUT2D eigenvalue weighted by atomic mass is 16.2. The molecule has 0 bridgehead atoms. The Morgan fingerprint density at radius 3 is 2.89 bits per heavy atom. The fourth-order valence-electron chi connectivity index (χ4n) is 1.62. The lowest BCUT2D eigenvalue weighted by atomic mass is 10.4. The van der Waals surface area contributed by atoms with Gasteiger partial charge in [-0.25, -0.2) is 4.98 Å². The first-order chi connectivity index (χ1) is 8.58. The first-order valence-corrected chi connectivity index (χ1v) is 6.18. The van der Waals surface area contributed by atoms with E-state index in [-0.39, 0.29) is 29.9 Å². The van der Waals surface area contributed by atoms with Gasteiger partial charge in [-0.1, -0.05) is 0 Å². The Labute approximate surface area is 105 Å². The summed E-state index contributed by atoms with van der Waals surface area (Å²) < 4.78 is 1.58. The number of aromatic nitrogens is 2. The van der Waals surface area contributed by atoms with Crippen LogP contribution >= 0.6 is 0 Å². The zero-order valence-corrected chi connectivity index (χ0v) is 10.6. The maximum atomic E-state index is 12.0. The summed E-state index contributed by atoms with van der Waals surface area (Å²) in [4.78, 5) is 27.4. The van der Waals surface area contributed by atoms with E-state index < -0.39 is 0 Å². The summed E-state index contributed by atoms with van der Waals surface area (Å²) in [5.74, 6) is 0.121. The molecule has 6 nitrogen and oxygen atoms in total. The van der Waals surface area contributed by atoms with Crippen LogP contribution in [0.15, 0.2) is 17.2 Å². The van der Waals surface area contributed by atoms with Crippen LogP contribution in [0.2, 0.25) is 0 Å². The van der Waals surface area contributed by atoms with E-state index in [1.807, 2.05) is 13.8 Å². The van der Waals surface area contributed by atoms with Gasteiger partial charge in [0, 0.05) is 24.5 Å². The van der Waals surface area contributed by atoms with Gasteiger partial charge in [0.05, 0.1) is 6.54 Å². The molecule has 0 saturated heterocycles. The SMILES string of the molecule is CC(C)n1ccnc(NCC(=O)NC2CC2)c1=O. The second kappa shape index (κ2) is 5.20. The molecule has 6 heteroatoms. The molecule has 1 aromatic heterocycles. The molecule has 98 valence electrons. The van der Waals surface area contributed by atoms with Crippen molar-refractivity contribution in [1.82, 2.24) is 14.9 Å². The molecule has 0 aromatic carbocycles. The Bertz CT molecular complexity index is 491. The van der Waals surface area contributed by atoms with Gasteiger partial charge in [-0.05, 0) is 26.7 Å². The molecule has 1 aromatic rings. The Morgan fingerprint density at radius 2 is 2.28 bits per heavy atom. The summed E-state index contributed by atoms with van der Waals surface area (Å²) in [6.07, 6.45) is 5.30. The van der Waals surface area contributed by atoms with Crippen LogP contribution in [0.4, 0.5) is 5.82 Å². The number of carbonyl (C=O) groups is 1. The second-order valence-electron chi connectivity index (χ2n) is 4.78. The standard InChI is InChI=1S/C12H18N4O2/c1-8(2)16-6-5-13-11(12(16)18)14-7-10(17)15-9-3-4-9/h5-6,8-9H,3-4,7H2,1-2H3,(H,13,14)(H,15,17). The van der Waals surface area contributed by atoms with Crippen molar-refractivity contribution in [2.75, 3.05) is 11.9 Å². The largest absolute Gasteiger partial charge is 0.356 e. The van der Waals surface area contributed by atoms with Crippen molar-refractivity contribution in [2.24, 2.45) is 0 Å². The van der Waals surface area contributed by atoms with E-state index >= 15 is 0 Å². The molecule has 1 aliphatic carbocycles. The van der Waals surface area contributed by atoms with Crippen LogP contribution in [0.1, 0.15) is 32.7 Å². The van der Waals surface area contributed by atoms with Gasteiger partial charge in [0.25, 0.3) is 5.56 Å². The molecule has 0 radical (unpaired) electrons. The predicted octanol–water partition coefficient (Wildman–Crippen LogP) is 0.515. The maximum Gasteiger partial charge on any atom is 0.293 e. The smallest absolute Gasteiger partial charge is 0.293 e. The predicted molar refractivity (Wildman–Crippen MR) is 68.5 cm³/mol.